The second-order valence-electron chi connectivity index (χ2n) is 5.29. The molecule has 2 rings (SSSR count). The lowest BCUT2D eigenvalue weighted by molar-refractivity contribution is -0.386. The first-order valence-electron chi connectivity index (χ1n) is 7.14. The van der Waals surface area contributed by atoms with Crippen LogP contribution < -0.4 is 10.1 Å². The molecule has 12 heteroatoms. The van der Waals surface area contributed by atoms with Crippen LogP contribution in [0.25, 0.3) is 0 Å². The predicted molar refractivity (Wildman–Crippen MR) is 96.6 cm³/mol. The van der Waals surface area contributed by atoms with E-state index in [0.29, 0.717) is 0 Å². The summed E-state index contributed by atoms with van der Waals surface area (Å²) in [6, 6.07) is 6.20. The lowest BCUT2D eigenvalue weighted by Crippen LogP contribution is -2.10. The monoisotopic (exact) mass is 440 g/mol. The lowest BCUT2D eigenvalue weighted by Gasteiger charge is -2.15. The van der Waals surface area contributed by atoms with Gasteiger partial charge in [-0.2, -0.15) is 8.78 Å². The molecule has 1 N–H and O–H groups in total. The average molecular weight is 441 g/mol. The summed E-state index contributed by atoms with van der Waals surface area (Å²) in [6.45, 7) is -3.39. The van der Waals surface area contributed by atoms with Crippen molar-refractivity contribution in [1.82, 2.24) is 0 Å². The number of sulfone groups is 1. The Morgan fingerprint density at radius 1 is 1.30 bits per heavy atom. The maximum absolute atomic E-state index is 12.6. The number of ether oxygens (including phenoxy) is 1. The highest BCUT2D eigenvalue weighted by Gasteiger charge is 2.26. The molecule has 2 aromatic rings. The fraction of sp³-hybridized carbons (Fsp3) is 0.200. The number of benzene rings is 2. The Morgan fingerprint density at radius 2 is 1.96 bits per heavy atom. The normalized spacial score (nSPS) is 11.5. The molecule has 2 aromatic carbocycles. The van der Waals surface area contributed by atoms with Gasteiger partial charge in [-0.3, -0.25) is 10.1 Å². The van der Waals surface area contributed by atoms with E-state index >= 15 is 0 Å². The molecule has 0 saturated carbocycles. The summed E-state index contributed by atoms with van der Waals surface area (Å²) in [4.78, 5) is 10.0. The van der Waals surface area contributed by atoms with Crippen LogP contribution in [0.3, 0.4) is 0 Å². The largest absolute Gasteiger partial charge is 0.433 e. The molecule has 0 spiro atoms. The van der Waals surface area contributed by atoms with Crippen molar-refractivity contribution in [3.63, 3.8) is 0 Å². The second-order valence-corrected chi connectivity index (χ2v) is 8.12. The number of nitro benzene ring substituents is 1. The smallest absolute Gasteiger partial charge is 0.387 e. The van der Waals surface area contributed by atoms with E-state index in [2.05, 4.69) is 10.1 Å². The van der Waals surface area contributed by atoms with Crippen LogP contribution in [0.15, 0.2) is 35.2 Å². The Bertz CT molecular complexity index is 986. The van der Waals surface area contributed by atoms with Crippen LogP contribution in [0.1, 0.15) is 5.56 Å². The number of nitrogens with one attached hydrogen (secondary N) is 1. The van der Waals surface area contributed by atoms with E-state index in [4.69, 9.17) is 23.2 Å². The fourth-order valence-corrected chi connectivity index (χ4v) is 3.75. The minimum absolute atomic E-state index is 0.104. The molecule has 27 heavy (non-hydrogen) atoms. The first-order chi connectivity index (χ1) is 12.5. The number of anilines is 1. The van der Waals surface area contributed by atoms with E-state index < -0.39 is 32.0 Å². The number of alkyl halides is 2. The zero-order valence-electron chi connectivity index (χ0n) is 13.6. The van der Waals surface area contributed by atoms with E-state index in [1.165, 1.54) is 24.3 Å². The summed E-state index contributed by atoms with van der Waals surface area (Å²) < 4.78 is 53.2. The van der Waals surface area contributed by atoms with Gasteiger partial charge in [-0.1, -0.05) is 29.3 Å². The minimum Gasteiger partial charge on any atom is -0.433 e. The van der Waals surface area contributed by atoms with Gasteiger partial charge in [-0.25, -0.2) is 8.42 Å². The van der Waals surface area contributed by atoms with Crippen LogP contribution in [-0.2, 0) is 16.4 Å². The van der Waals surface area contributed by atoms with Crippen molar-refractivity contribution in [1.29, 1.82) is 0 Å². The molecule has 0 aromatic heterocycles. The van der Waals surface area contributed by atoms with Crippen LogP contribution in [0.5, 0.6) is 5.75 Å². The van der Waals surface area contributed by atoms with Crippen molar-refractivity contribution in [2.24, 2.45) is 0 Å². The summed E-state index contributed by atoms with van der Waals surface area (Å²) in [6.07, 6.45) is 0.838. The van der Waals surface area contributed by atoms with Gasteiger partial charge in [0.2, 0.25) is 0 Å². The molecule has 146 valence electrons. The number of hydrogen-bond donors (Lipinski definition) is 1. The quantitative estimate of drug-likeness (QED) is 0.501. The Hall–Kier alpha value is -2.17. The number of para-hydroxylation sites is 1. The van der Waals surface area contributed by atoms with Gasteiger partial charge in [0.05, 0.1) is 9.95 Å². The Labute approximate surface area is 162 Å². The van der Waals surface area contributed by atoms with Gasteiger partial charge in [0.1, 0.15) is 16.3 Å². The van der Waals surface area contributed by atoms with E-state index in [1.54, 1.807) is 0 Å². The van der Waals surface area contributed by atoms with Gasteiger partial charge in [-0.15, -0.1) is 0 Å². The highest BCUT2D eigenvalue weighted by molar-refractivity contribution is 7.90. The first-order valence-corrected chi connectivity index (χ1v) is 9.79. The molecule has 0 unspecified atom stereocenters. The molecule has 0 aliphatic heterocycles. The molecule has 7 nitrogen and oxygen atoms in total. The zero-order chi connectivity index (χ0) is 20.4. The zero-order valence-corrected chi connectivity index (χ0v) is 15.9. The lowest BCUT2D eigenvalue weighted by atomic mass is 10.2. The van der Waals surface area contributed by atoms with Gasteiger partial charge in [0.25, 0.3) is 0 Å². The third-order valence-electron chi connectivity index (χ3n) is 3.34. The van der Waals surface area contributed by atoms with Crippen molar-refractivity contribution in [3.05, 3.63) is 56.1 Å². The molecular formula is C15H12Cl2F2N2O5S. The van der Waals surface area contributed by atoms with Crippen molar-refractivity contribution < 1.29 is 26.9 Å². The molecule has 0 amide bonds. The van der Waals surface area contributed by atoms with Crippen molar-refractivity contribution >= 4 is 44.4 Å². The molecule has 0 aliphatic carbocycles. The highest BCUT2D eigenvalue weighted by atomic mass is 35.5. The minimum atomic E-state index is -3.87. The van der Waals surface area contributed by atoms with Crippen LogP contribution in [0.4, 0.5) is 20.2 Å². The summed E-state index contributed by atoms with van der Waals surface area (Å²) in [7, 11) is -3.87. The Kier molecular flexibility index (Phi) is 6.45. The van der Waals surface area contributed by atoms with Gasteiger partial charge in [0, 0.05) is 23.4 Å². The highest BCUT2D eigenvalue weighted by Crippen LogP contribution is 2.36. The summed E-state index contributed by atoms with van der Waals surface area (Å²) in [5, 5.41) is 14.0. The SMILES string of the molecule is CS(=O)(=O)c1cccc(NCc2cc(Cl)cc(Cl)c2OC(F)F)c1[N+](=O)[O-]. The fourth-order valence-electron chi connectivity index (χ4n) is 2.31. The summed E-state index contributed by atoms with van der Waals surface area (Å²) in [5.74, 6) is -0.342. The van der Waals surface area contributed by atoms with Crippen LogP contribution in [0, 0.1) is 10.1 Å². The molecule has 0 radical (unpaired) electrons. The molecule has 0 saturated heterocycles. The van der Waals surface area contributed by atoms with E-state index in [0.717, 1.165) is 12.3 Å². The maximum atomic E-state index is 12.6. The molecular weight excluding hydrogens is 429 g/mol. The summed E-state index contributed by atoms with van der Waals surface area (Å²) in [5.41, 5.74) is -0.682. The number of rotatable bonds is 7. The van der Waals surface area contributed by atoms with Gasteiger partial charge in [-0.05, 0) is 24.3 Å². The molecule has 0 bridgehead atoms. The van der Waals surface area contributed by atoms with E-state index in [9.17, 15) is 27.3 Å². The topological polar surface area (TPSA) is 98.5 Å². The van der Waals surface area contributed by atoms with E-state index in [-0.39, 0.29) is 33.6 Å². The first kappa shape index (κ1) is 21.1. The average Bonchev–Trinajstić information content (AvgIpc) is 2.54. The molecule has 0 heterocycles. The maximum Gasteiger partial charge on any atom is 0.387 e. The Balaban J connectivity index is 2.45. The van der Waals surface area contributed by atoms with E-state index in [1.807, 2.05) is 0 Å². The second kappa shape index (κ2) is 8.24. The molecule has 0 atom stereocenters. The van der Waals surface area contributed by atoms with Crippen LogP contribution in [-0.4, -0.2) is 26.2 Å². The number of halogens is 4. The van der Waals surface area contributed by atoms with Gasteiger partial charge < -0.3 is 10.1 Å². The Morgan fingerprint density at radius 3 is 2.52 bits per heavy atom. The number of nitro groups is 1. The van der Waals surface area contributed by atoms with Crippen molar-refractivity contribution in [3.8, 4) is 5.75 Å². The predicted octanol–water partition coefficient (Wildman–Crippen LogP) is 4.52. The van der Waals surface area contributed by atoms with Gasteiger partial charge in [0.15, 0.2) is 9.84 Å². The molecule has 0 fully saturated rings. The van der Waals surface area contributed by atoms with Crippen LogP contribution >= 0.6 is 23.2 Å². The summed E-state index contributed by atoms with van der Waals surface area (Å²) >= 11 is 11.7. The third kappa shape index (κ3) is 5.18. The number of nitrogens with zero attached hydrogens (tertiary/aromatic N) is 1. The molecule has 0 aliphatic rings. The van der Waals surface area contributed by atoms with Gasteiger partial charge >= 0.3 is 12.3 Å². The van der Waals surface area contributed by atoms with Crippen molar-refractivity contribution in [2.45, 2.75) is 18.1 Å². The van der Waals surface area contributed by atoms with Crippen LogP contribution in [0.2, 0.25) is 10.0 Å². The van der Waals surface area contributed by atoms with Crippen molar-refractivity contribution in [2.75, 3.05) is 11.6 Å². The number of hydrogen-bond acceptors (Lipinski definition) is 6. The standard InChI is InChI=1S/C15H12Cl2F2N2O5S/c1-27(24,25)12-4-2-3-11(13(12)21(22)23)20-7-8-5-9(16)6-10(17)14(8)26-15(18)19/h2-6,15,20H,7H2,1H3. The third-order valence-corrected chi connectivity index (χ3v) is 4.97.